The van der Waals surface area contributed by atoms with Crippen molar-refractivity contribution in [2.24, 2.45) is 0 Å². The van der Waals surface area contributed by atoms with Gasteiger partial charge in [-0.15, -0.1) is 4.41 Å². The molecule has 0 saturated carbocycles. The smallest absolute Gasteiger partial charge is 0.417 e. The number of anilines is 1. The topological polar surface area (TPSA) is 75.2 Å². The van der Waals surface area contributed by atoms with Crippen LogP contribution in [0.1, 0.15) is 23.6 Å². The van der Waals surface area contributed by atoms with E-state index in [9.17, 15) is 21.6 Å². The fraction of sp³-hybridized carbons (Fsp3) is 0.450. The van der Waals surface area contributed by atoms with Gasteiger partial charge >= 0.3 is 6.18 Å². The van der Waals surface area contributed by atoms with Gasteiger partial charge in [0.2, 0.25) is 10.0 Å². The summed E-state index contributed by atoms with van der Waals surface area (Å²) < 4.78 is 70.0. The Bertz CT molecular complexity index is 1090. The molecular weight excluding hydrogens is 485 g/mol. The third-order valence-electron chi connectivity index (χ3n) is 5.27. The van der Waals surface area contributed by atoms with Crippen LogP contribution in [-0.2, 0) is 21.0 Å². The number of benzene rings is 1. The number of hydroxylamine groups is 2. The van der Waals surface area contributed by atoms with E-state index in [0.29, 0.717) is 24.4 Å². The summed E-state index contributed by atoms with van der Waals surface area (Å²) in [5.41, 5.74) is -0.0637. The Morgan fingerprint density at radius 3 is 2.45 bits per heavy atom. The van der Waals surface area contributed by atoms with Crippen LogP contribution in [0.25, 0.3) is 0 Å². The molecular formula is C20H24ClF3N4O4S. The highest BCUT2D eigenvalue weighted by atomic mass is 35.5. The second kappa shape index (κ2) is 9.63. The molecule has 2 atom stereocenters. The molecule has 2 aromatic rings. The highest BCUT2D eigenvalue weighted by Gasteiger charge is 2.37. The van der Waals surface area contributed by atoms with E-state index >= 15 is 0 Å². The molecule has 1 aromatic heterocycles. The Morgan fingerprint density at radius 2 is 1.94 bits per heavy atom. The Kier molecular flexibility index (Phi) is 7.44. The zero-order chi connectivity index (χ0) is 24.6. The van der Waals surface area contributed by atoms with Crippen LogP contribution in [0.15, 0.2) is 36.5 Å². The molecule has 2 heterocycles. The fourth-order valence-electron chi connectivity index (χ4n) is 3.61. The molecule has 182 valence electrons. The highest BCUT2D eigenvalue weighted by molar-refractivity contribution is 7.88. The molecule has 0 radical (unpaired) electrons. The Morgan fingerprint density at radius 1 is 1.30 bits per heavy atom. The normalized spacial score (nSPS) is 19.8. The maximum absolute atomic E-state index is 12.9. The zero-order valence-electron chi connectivity index (χ0n) is 18.4. The van der Waals surface area contributed by atoms with Gasteiger partial charge in [0.1, 0.15) is 5.75 Å². The first-order chi connectivity index (χ1) is 15.3. The average molecular weight is 509 g/mol. The molecule has 1 saturated heterocycles. The van der Waals surface area contributed by atoms with Crippen molar-refractivity contribution in [1.82, 2.24) is 14.5 Å². The van der Waals surface area contributed by atoms with E-state index in [-0.39, 0.29) is 23.4 Å². The molecule has 0 aliphatic carbocycles. The average Bonchev–Trinajstić information content (AvgIpc) is 3.10. The minimum Gasteiger partial charge on any atom is -0.497 e. The largest absolute Gasteiger partial charge is 0.497 e. The van der Waals surface area contributed by atoms with E-state index in [4.69, 9.17) is 21.2 Å². The molecule has 3 rings (SSSR count). The van der Waals surface area contributed by atoms with Gasteiger partial charge in [0.25, 0.3) is 0 Å². The summed E-state index contributed by atoms with van der Waals surface area (Å²) in [5, 5.41) is 2.43. The SMILES string of the molecule is COc1ccc(C2CC(CN(N(C)c3ncc(C(F)(F)F)cc3Cl)S(C)(=O)=O)ON2C)cc1. The van der Waals surface area contributed by atoms with Crippen molar-refractivity contribution >= 4 is 27.4 Å². The van der Waals surface area contributed by atoms with Crippen molar-refractivity contribution in [3.8, 4) is 5.75 Å². The second-order valence-corrected chi connectivity index (χ2v) is 9.91. The molecule has 0 N–H and O–H groups in total. The van der Waals surface area contributed by atoms with E-state index in [0.717, 1.165) is 21.2 Å². The lowest BCUT2D eigenvalue weighted by Gasteiger charge is -2.32. The molecule has 8 nitrogen and oxygen atoms in total. The van der Waals surface area contributed by atoms with E-state index in [1.807, 2.05) is 24.3 Å². The van der Waals surface area contributed by atoms with Crippen LogP contribution in [0.4, 0.5) is 19.0 Å². The standard InChI is InChI=1S/C20H24ClF3N4O4S/c1-26(19-17(21)9-14(11-25-19)20(22,23)24)28(33(4,29)30)12-16-10-18(27(2)32-16)13-5-7-15(31-3)8-6-13/h5-9,11,16,18H,10,12H2,1-4H3. The van der Waals surface area contributed by atoms with Gasteiger partial charge < -0.3 is 4.74 Å². The number of aromatic nitrogens is 1. The van der Waals surface area contributed by atoms with Gasteiger partial charge in [-0.2, -0.15) is 18.2 Å². The molecule has 33 heavy (non-hydrogen) atoms. The van der Waals surface area contributed by atoms with Crippen LogP contribution in [0, 0.1) is 0 Å². The summed E-state index contributed by atoms with van der Waals surface area (Å²) in [5.74, 6) is 0.579. The number of hydrogen-bond acceptors (Lipinski definition) is 7. The number of hydrogen-bond donors (Lipinski definition) is 0. The lowest BCUT2D eigenvalue weighted by atomic mass is 10.0. The van der Waals surface area contributed by atoms with Crippen LogP contribution < -0.4 is 9.75 Å². The van der Waals surface area contributed by atoms with E-state index < -0.39 is 27.9 Å². The first-order valence-electron chi connectivity index (χ1n) is 9.79. The molecule has 0 bridgehead atoms. The lowest BCUT2D eigenvalue weighted by Crippen LogP contribution is -2.48. The quantitative estimate of drug-likeness (QED) is 0.527. The van der Waals surface area contributed by atoms with Gasteiger partial charge in [0, 0.05) is 20.3 Å². The van der Waals surface area contributed by atoms with Crippen molar-refractivity contribution in [1.29, 1.82) is 0 Å². The summed E-state index contributed by atoms with van der Waals surface area (Å²) in [6.07, 6.45) is -3.06. The molecule has 2 unspecified atom stereocenters. The number of halogens is 4. The number of rotatable bonds is 7. The second-order valence-electron chi connectivity index (χ2n) is 7.62. The van der Waals surface area contributed by atoms with E-state index in [2.05, 4.69) is 4.98 Å². The first kappa shape index (κ1) is 25.5. The first-order valence-corrected chi connectivity index (χ1v) is 12.0. The van der Waals surface area contributed by atoms with Crippen molar-refractivity contribution in [3.63, 3.8) is 0 Å². The summed E-state index contributed by atoms with van der Waals surface area (Å²) in [7, 11) is 0.844. The van der Waals surface area contributed by atoms with Gasteiger partial charge in [-0.3, -0.25) is 9.85 Å². The Hall–Kier alpha value is -2.12. The lowest BCUT2D eigenvalue weighted by molar-refractivity contribution is -0.146. The maximum atomic E-state index is 12.9. The van der Waals surface area contributed by atoms with Gasteiger partial charge in [0.05, 0.1) is 42.6 Å². The number of alkyl halides is 3. The van der Waals surface area contributed by atoms with Gasteiger partial charge in [-0.1, -0.05) is 23.7 Å². The molecule has 0 spiro atoms. The fourth-order valence-corrected chi connectivity index (χ4v) is 4.86. The predicted octanol–water partition coefficient (Wildman–Crippen LogP) is 3.75. The van der Waals surface area contributed by atoms with Crippen molar-refractivity contribution in [2.75, 3.05) is 39.0 Å². The molecule has 13 heteroatoms. The van der Waals surface area contributed by atoms with Crippen LogP contribution in [0.2, 0.25) is 5.02 Å². The third kappa shape index (κ3) is 5.87. The van der Waals surface area contributed by atoms with Crippen LogP contribution >= 0.6 is 11.6 Å². The number of methoxy groups -OCH3 is 1. The number of sulfonamides is 1. The van der Waals surface area contributed by atoms with E-state index in [1.165, 1.54) is 7.05 Å². The van der Waals surface area contributed by atoms with Crippen LogP contribution in [0.5, 0.6) is 5.75 Å². The summed E-state index contributed by atoms with van der Waals surface area (Å²) in [6, 6.07) is 8.04. The van der Waals surface area contributed by atoms with Gasteiger partial charge in [0.15, 0.2) is 5.82 Å². The summed E-state index contributed by atoms with van der Waals surface area (Å²) in [6.45, 7) is -0.0919. The summed E-state index contributed by atoms with van der Waals surface area (Å²) >= 11 is 6.02. The van der Waals surface area contributed by atoms with Crippen LogP contribution in [-0.4, -0.2) is 63.0 Å². The number of ether oxygens (including phenoxy) is 1. The minimum absolute atomic E-state index is 0.0919. The molecule has 1 aromatic carbocycles. The maximum Gasteiger partial charge on any atom is 0.417 e. The molecule has 1 aliphatic heterocycles. The number of pyridine rings is 1. The minimum atomic E-state index is -4.62. The van der Waals surface area contributed by atoms with Gasteiger partial charge in [-0.25, -0.2) is 13.4 Å². The van der Waals surface area contributed by atoms with Crippen molar-refractivity contribution < 1.29 is 31.2 Å². The Balaban J connectivity index is 1.80. The van der Waals surface area contributed by atoms with Crippen molar-refractivity contribution in [2.45, 2.75) is 24.7 Å². The number of nitrogens with zero attached hydrogens (tertiary/aromatic N) is 4. The molecule has 1 aliphatic rings. The predicted molar refractivity (Wildman–Crippen MR) is 117 cm³/mol. The Labute approximate surface area is 195 Å². The third-order valence-corrected chi connectivity index (χ3v) is 6.71. The zero-order valence-corrected chi connectivity index (χ0v) is 19.9. The van der Waals surface area contributed by atoms with Crippen molar-refractivity contribution in [3.05, 3.63) is 52.7 Å². The molecule has 1 fully saturated rings. The highest BCUT2D eigenvalue weighted by Crippen LogP contribution is 2.36. The van der Waals surface area contributed by atoms with E-state index in [1.54, 1.807) is 19.2 Å². The monoisotopic (exact) mass is 508 g/mol. The van der Waals surface area contributed by atoms with Crippen LogP contribution in [0.3, 0.4) is 0 Å². The number of hydrazine groups is 1. The van der Waals surface area contributed by atoms with Gasteiger partial charge in [-0.05, 0) is 30.2 Å². The molecule has 0 amide bonds. The summed E-state index contributed by atoms with van der Waals surface area (Å²) in [4.78, 5) is 9.61.